The first-order valence-corrected chi connectivity index (χ1v) is 8.85. The summed E-state index contributed by atoms with van der Waals surface area (Å²) in [5.41, 5.74) is 1.19. The molecule has 1 N–H and O–H groups in total. The molecule has 0 bridgehead atoms. The van der Waals surface area contributed by atoms with Crippen LogP contribution in [0.5, 0.6) is 17.2 Å². The van der Waals surface area contributed by atoms with Crippen molar-refractivity contribution in [2.45, 2.75) is 32.7 Å². The Labute approximate surface area is 146 Å². The molecule has 1 aromatic carbocycles. The van der Waals surface area contributed by atoms with Gasteiger partial charge in [0.15, 0.2) is 11.5 Å². The van der Waals surface area contributed by atoms with Gasteiger partial charge in [-0.3, -0.25) is 4.90 Å². The predicted octanol–water partition coefficient (Wildman–Crippen LogP) is 3.09. The number of hydrogen-bond donors (Lipinski definition) is 1. The summed E-state index contributed by atoms with van der Waals surface area (Å²) >= 11 is 0. The highest BCUT2D eigenvalue weighted by atomic mass is 16.5. The molecule has 0 aliphatic carbocycles. The van der Waals surface area contributed by atoms with Crippen LogP contribution in [0.1, 0.15) is 38.3 Å². The predicted molar refractivity (Wildman–Crippen MR) is 97.4 cm³/mol. The van der Waals surface area contributed by atoms with Crippen LogP contribution in [0.2, 0.25) is 0 Å². The third kappa shape index (κ3) is 4.54. The van der Waals surface area contributed by atoms with E-state index in [-0.39, 0.29) is 0 Å². The number of piperazine rings is 1. The first kappa shape index (κ1) is 18.9. The maximum absolute atomic E-state index is 5.69. The summed E-state index contributed by atoms with van der Waals surface area (Å²) in [6, 6.07) is 4.37. The molecule has 0 amide bonds. The zero-order valence-electron chi connectivity index (χ0n) is 15.7. The van der Waals surface area contributed by atoms with Gasteiger partial charge in [-0.05, 0) is 24.8 Å². The molecule has 1 saturated heterocycles. The fourth-order valence-corrected chi connectivity index (χ4v) is 3.33. The molecule has 1 aromatic rings. The molecule has 1 aliphatic heterocycles. The maximum Gasteiger partial charge on any atom is 0.164 e. The van der Waals surface area contributed by atoms with Crippen LogP contribution in [0.4, 0.5) is 0 Å². The zero-order chi connectivity index (χ0) is 17.5. The minimum atomic E-state index is 0.337. The van der Waals surface area contributed by atoms with Gasteiger partial charge in [0.25, 0.3) is 0 Å². The van der Waals surface area contributed by atoms with Crippen molar-refractivity contribution >= 4 is 0 Å². The van der Waals surface area contributed by atoms with E-state index < -0.39 is 0 Å². The Morgan fingerprint density at radius 1 is 0.917 bits per heavy atom. The van der Waals surface area contributed by atoms with Crippen LogP contribution < -0.4 is 19.5 Å². The summed E-state index contributed by atoms with van der Waals surface area (Å²) in [6.45, 7) is 8.74. The number of nitrogens with one attached hydrogen (secondary N) is 1. The number of benzene rings is 1. The van der Waals surface area contributed by atoms with Gasteiger partial charge in [-0.1, -0.05) is 13.8 Å². The molecule has 0 saturated carbocycles. The van der Waals surface area contributed by atoms with E-state index >= 15 is 0 Å². The molecule has 1 heterocycles. The molecule has 136 valence electrons. The lowest BCUT2D eigenvalue weighted by atomic mass is 9.94. The van der Waals surface area contributed by atoms with E-state index in [4.69, 9.17) is 14.2 Å². The van der Waals surface area contributed by atoms with Crippen molar-refractivity contribution in [3.8, 4) is 17.2 Å². The highest BCUT2D eigenvalue weighted by Gasteiger charge is 2.26. The quantitative estimate of drug-likeness (QED) is 0.790. The van der Waals surface area contributed by atoms with E-state index in [0.29, 0.717) is 17.7 Å². The second kappa shape index (κ2) is 9.14. The summed E-state index contributed by atoms with van der Waals surface area (Å²) in [7, 11) is 5.06. The molecule has 1 aliphatic rings. The molecular weight excluding hydrogens is 304 g/mol. The van der Waals surface area contributed by atoms with Gasteiger partial charge in [0.1, 0.15) is 5.75 Å². The SMILES string of the molecule is COc1cc(OC)c([C@H](CCC(C)C)N2CCNCC2)cc1OC. The van der Waals surface area contributed by atoms with Gasteiger partial charge in [0.05, 0.1) is 21.3 Å². The molecule has 0 unspecified atom stereocenters. The molecule has 1 fully saturated rings. The van der Waals surface area contributed by atoms with Crippen LogP contribution in [0.15, 0.2) is 12.1 Å². The Morgan fingerprint density at radius 2 is 1.50 bits per heavy atom. The molecule has 0 spiro atoms. The normalized spacial score (nSPS) is 16.9. The zero-order valence-corrected chi connectivity index (χ0v) is 15.7. The van der Waals surface area contributed by atoms with E-state index in [2.05, 4.69) is 30.1 Å². The Hall–Kier alpha value is -1.46. The lowest BCUT2D eigenvalue weighted by molar-refractivity contribution is 0.156. The lowest BCUT2D eigenvalue weighted by Gasteiger charge is -2.36. The molecular formula is C19H32N2O3. The second-order valence-electron chi connectivity index (χ2n) is 6.72. The second-order valence-corrected chi connectivity index (χ2v) is 6.72. The fraction of sp³-hybridized carbons (Fsp3) is 0.684. The maximum atomic E-state index is 5.69. The van der Waals surface area contributed by atoms with Crippen LogP contribution in [0, 0.1) is 5.92 Å². The van der Waals surface area contributed by atoms with E-state index in [9.17, 15) is 0 Å². The number of ether oxygens (including phenoxy) is 3. The Balaban J connectivity index is 2.38. The molecule has 0 radical (unpaired) electrons. The smallest absolute Gasteiger partial charge is 0.164 e. The van der Waals surface area contributed by atoms with Crippen LogP contribution in [0.25, 0.3) is 0 Å². The summed E-state index contributed by atoms with van der Waals surface area (Å²) in [5.74, 6) is 3.03. The van der Waals surface area contributed by atoms with Gasteiger partial charge >= 0.3 is 0 Å². The summed E-state index contributed by atoms with van der Waals surface area (Å²) in [4.78, 5) is 2.56. The van der Waals surface area contributed by atoms with Crippen LogP contribution >= 0.6 is 0 Å². The summed E-state index contributed by atoms with van der Waals surface area (Å²) in [6.07, 6.45) is 2.30. The molecule has 1 atom stereocenters. The molecule has 5 nitrogen and oxygen atoms in total. The number of hydrogen-bond acceptors (Lipinski definition) is 5. The number of methoxy groups -OCH3 is 3. The third-order valence-corrected chi connectivity index (χ3v) is 4.70. The van der Waals surface area contributed by atoms with Crippen molar-refractivity contribution in [3.63, 3.8) is 0 Å². The first-order chi connectivity index (χ1) is 11.6. The topological polar surface area (TPSA) is 43.0 Å². The molecule has 5 heteroatoms. The fourth-order valence-electron chi connectivity index (χ4n) is 3.33. The monoisotopic (exact) mass is 336 g/mol. The number of nitrogens with zero attached hydrogens (tertiary/aromatic N) is 1. The average molecular weight is 336 g/mol. The van der Waals surface area contributed by atoms with E-state index in [0.717, 1.165) is 44.1 Å². The van der Waals surface area contributed by atoms with Gasteiger partial charge in [0.2, 0.25) is 0 Å². The average Bonchev–Trinajstić information content (AvgIpc) is 2.61. The minimum absolute atomic E-state index is 0.337. The largest absolute Gasteiger partial charge is 0.496 e. The molecule has 24 heavy (non-hydrogen) atoms. The molecule has 0 aromatic heterocycles. The van der Waals surface area contributed by atoms with Crippen molar-refractivity contribution < 1.29 is 14.2 Å². The standard InChI is InChI=1S/C19H32N2O3/c1-14(2)6-7-16(21-10-8-20-9-11-21)15-12-18(23-4)19(24-5)13-17(15)22-3/h12-14,16,20H,6-11H2,1-5H3/t16-/m0/s1. The summed E-state index contributed by atoms with van der Waals surface area (Å²) < 4.78 is 16.6. The van der Waals surface area contributed by atoms with Gasteiger partial charge in [0, 0.05) is 43.9 Å². The third-order valence-electron chi connectivity index (χ3n) is 4.70. The Kier molecular flexibility index (Phi) is 7.18. The van der Waals surface area contributed by atoms with Crippen molar-refractivity contribution in [1.29, 1.82) is 0 Å². The first-order valence-electron chi connectivity index (χ1n) is 8.85. The van der Waals surface area contributed by atoms with Crippen molar-refractivity contribution in [3.05, 3.63) is 17.7 Å². The number of rotatable bonds is 8. The minimum Gasteiger partial charge on any atom is -0.496 e. The van der Waals surface area contributed by atoms with Crippen molar-refractivity contribution in [2.75, 3.05) is 47.5 Å². The Morgan fingerprint density at radius 3 is 2.04 bits per heavy atom. The van der Waals surface area contributed by atoms with Gasteiger partial charge < -0.3 is 19.5 Å². The van der Waals surface area contributed by atoms with Crippen LogP contribution in [-0.2, 0) is 0 Å². The van der Waals surface area contributed by atoms with Crippen molar-refractivity contribution in [2.24, 2.45) is 5.92 Å². The van der Waals surface area contributed by atoms with E-state index in [1.54, 1.807) is 21.3 Å². The lowest BCUT2D eigenvalue weighted by Crippen LogP contribution is -2.45. The van der Waals surface area contributed by atoms with Crippen LogP contribution in [-0.4, -0.2) is 52.4 Å². The van der Waals surface area contributed by atoms with Crippen molar-refractivity contribution in [1.82, 2.24) is 10.2 Å². The Bertz CT molecular complexity index is 514. The van der Waals surface area contributed by atoms with Gasteiger partial charge in [-0.25, -0.2) is 0 Å². The van der Waals surface area contributed by atoms with Gasteiger partial charge in [-0.2, -0.15) is 0 Å². The highest BCUT2D eigenvalue weighted by Crippen LogP contribution is 2.41. The van der Waals surface area contributed by atoms with E-state index in [1.807, 2.05) is 6.07 Å². The summed E-state index contributed by atoms with van der Waals surface area (Å²) in [5, 5.41) is 3.44. The molecule has 2 rings (SSSR count). The highest BCUT2D eigenvalue weighted by molar-refractivity contribution is 5.52. The van der Waals surface area contributed by atoms with Crippen LogP contribution in [0.3, 0.4) is 0 Å². The van der Waals surface area contributed by atoms with E-state index in [1.165, 1.54) is 12.0 Å². The van der Waals surface area contributed by atoms with Gasteiger partial charge in [-0.15, -0.1) is 0 Å².